The first-order valence-corrected chi connectivity index (χ1v) is 7.97. The van der Waals surface area contributed by atoms with Crippen molar-refractivity contribution in [2.45, 2.75) is 11.8 Å². The minimum Gasteiger partial charge on any atom is -0.285 e. The Bertz CT molecular complexity index is 531. The summed E-state index contributed by atoms with van der Waals surface area (Å²) >= 11 is 0. The zero-order valence-electron chi connectivity index (χ0n) is 6.94. The summed E-state index contributed by atoms with van der Waals surface area (Å²) in [6, 6.07) is 0. The van der Waals surface area contributed by atoms with Crippen molar-refractivity contribution in [2.24, 2.45) is 0 Å². The van der Waals surface area contributed by atoms with Gasteiger partial charge in [0.15, 0.2) is 0 Å². The minimum atomic E-state index is -0.0180. The summed E-state index contributed by atoms with van der Waals surface area (Å²) in [5.41, 5.74) is 2.30. The van der Waals surface area contributed by atoms with Crippen molar-refractivity contribution in [1.82, 2.24) is 9.10 Å². The van der Waals surface area contributed by atoms with E-state index in [1.807, 2.05) is 6.92 Å². The van der Waals surface area contributed by atoms with Gasteiger partial charge in [-0.05, 0) is 23.3 Å². The fourth-order valence-electron chi connectivity index (χ4n) is 1.33. The van der Waals surface area contributed by atoms with Gasteiger partial charge in [-0.2, -0.15) is 9.10 Å². The summed E-state index contributed by atoms with van der Waals surface area (Å²) in [4.78, 5) is 13.9. The smallest absolute Gasteiger partial charge is 0.234 e. The van der Waals surface area contributed by atoms with Gasteiger partial charge in [0, 0.05) is 21.5 Å². The maximum absolute atomic E-state index is 11.9. The van der Waals surface area contributed by atoms with Gasteiger partial charge < -0.3 is 0 Å². The van der Waals surface area contributed by atoms with Crippen LogP contribution >= 0.6 is 42.7 Å². The highest BCUT2D eigenvalue weighted by Crippen LogP contribution is 2.48. The lowest BCUT2D eigenvalue weighted by atomic mass is 10.1. The first kappa shape index (κ1) is 9.02. The molecule has 3 aliphatic rings. The molecule has 7 heteroatoms. The van der Waals surface area contributed by atoms with E-state index < -0.39 is 0 Å². The predicted octanol–water partition coefficient (Wildman–Crippen LogP) is 2.88. The molecule has 0 unspecified atom stereocenters. The molecule has 1 aliphatic carbocycles. The van der Waals surface area contributed by atoms with Crippen molar-refractivity contribution >= 4 is 48.3 Å². The second-order valence-electron chi connectivity index (χ2n) is 2.81. The van der Waals surface area contributed by atoms with Crippen LogP contribution in [0.1, 0.15) is 5.56 Å². The Balaban J connectivity index is 2.52. The molecule has 14 heavy (non-hydrogen) atoms. The molecule has 71 valence electrons. The van der Waals surface area contributed by atoms with E-state index in [0.717, 1.165) is 15.3 Å². The molecular weight excluding hydrogens is 256 g/mol. The van der Waals surface area contributed by atoms with E-state index in [-0.39, 0.29) is 5.43 Å². The molecule has 0 spiro atoms. The number of rotatable bonds is 0. The van der Waals surface area contributed by atoms with Crippen molar-refractivity contribution in [2.75, 3.05) is 0 Å². The molecule has 0 amide bonds. The fraction of sp³-hybridized carbons (Fsp3) is 0.143. The third-order valence-corrected chi connectivity index (χ3v) is 5.93. The molecule has 0 saturated carbocycles. The largest absolute Gasteiger partial charge is 0.285 e. The average Bonchev–Trinajstić information content (AvgIpc) is 2.82. The molecule has 0 fully saturated rings. The van der Waals surface area contributed by atoms with Crippen LogP contribution in [-0.4, -0.2) is 4.37 Å². The Morgan fingerprint density at radius 3 is 3.07 bits per heavy atom. The quantitative estimate of drug-likeness (QED) is 0.539. The summed E-state index contributed by atoms with van der Waals surface area (Å²) in [6.07, 6.45) is 0. The van der Waals surface area contributed by atoms with Crippen molar-refractivity contribution in [3.8, 4) is 10.6 Å². The van der Waals surface area contributed by atoms with Gasteiger partial charge in [0.05, 0.1) is 9.77 Å². The topological polar surface area (TPSA) is 44.1 Å². The van der Waals surface area contributed by atoms with Crippen LogP contribution in [-0.2, 0) is 0 Å². The Morgan fingerprint density at radius 2 is 2.21 bits per heavy atom. The van der Waals surface area contributed by atoms with E-state index in [1.54, 1.807) is 21.1 Å². The Morgan fingerprint density at radius 1 is 1.36 bits per heavy atom. The lowest BCUT2D eigenvalue weighted by Gasteiger charge is -2.03. The first-order valence-electron chi connectivity index (χ1n) is 3.76. The third-order valence-electron chi connectivity index (χ3n) is 2.04. The molecule has 0 aromatic carbocycles. The number of hydrogen-bond acceptors (Lipinski definition) is 6. The summed E-state index contributed by atoms with van der Waals surface area (Å²) in [5, 5.41) is 0. The molecule has 2 heterocycles. The Kier molecular flexibility index (Phi) is 2.01. The summed E-state index contributed by atoms with van der Waals surface area (Å²) in [6.45, 7) is 2.03. The summed E-state index contributed by atoms with van der Waals surface area (Å²) in [7, 11) is 5.86. The molecule has 3 rings (SSSR count). The van der Waals surface area contributed by atoms with Gasteiger partial charge >= 0.3 is 0 Å². The van der Waals surface area contributed by atoms with Crippen LogP contribution < -0.4 is 10.2 Å². The van der Waals surface area contributed by atoms with Gasteiger partial charge in [-0.1, -0.05) is 10.3 Å². The summed E-state index contributed by atoms with van der Waals surface area (Å²) in [5.74, 6) is 0. The fourth-order valence-corrected chi connectivity index (χ4v) is 5.46. The van der Waals surface area contributed by atoms with E-state index in [4.69, 9.17) is 0 Å². The van der Waals surface area contributed by atoms with Gasteiger partial charge in [-0.25, -0.2) is 0 Å². The second-order valence-corrected chi connectivity index (χ2v) is 6.52. The second kappa shape index (κ2) is 3.13. The third kappa shape index (κ3) is 1.06. The van der Waals surface area contributed by atoms with Crippen LogP contribution in [0.3, 0.4) is 0 Å². The van der Waals surface area contributed by atoms with Crippen LogP contribution in [0.4, 0.5) is 5.69 Å². The maximum Gasteiger partial charge on any atom is 0.234 e. The normalized spacial score (nSPS) is 14.4. The van der Waals surface area contributed by atoms with E-state index in [0.29, 0.717) is 11.4 Å². The molecule has 0 N–H and O–H groups in total. The highest BCUT2D eigenvalue weighted by molar-refractivity contribution is 8.76. The molecule has 1 radical (unpaired) electrons. The molecule has 0 aromatic rings. The molecule has 3 nitrogen and oxygen atoms in total. The molecule has 0 aromatic heterocycles. The SMILES string of the molecule is Cc1c2ssnc-2c(=O)c2c1SS[N]2. The van der Waals surface area contributed by atoms with Crippen LogP contribution in [0.2, 0.25) is 0 Å². The number of aromatic nitrogens is 1. The van der Waals surface area contributed by atoms with Crippen LogP contribution in [0.25, 0.3) is 10.6 Å². The van der Waals surface area contributed by atoms with Gasteiger partial charge in [0.2, 0.25) is 5.43 Å². The lowest BCUT2D eigenvalue weighted by Crippen LogP contribution is -2.09. The molecule has 0 atom stereocenters. The monoisotopic (exact) mass is 259 g/mol. The van der Waals surface area contributed by atoms with E-state index in [2.05, 4.69) is 9.10 Å². The molecule has 2 aliphatic heterocycles. The summed E-state index contributed by atoms with van der Waals surface area (Å²) < 4.78 is 8.25. The Labute approximate surface area is 95.4 Å². The van der Waals surface area contributed by atoms with Gasteiger partial charge in [0.1, 0.15) is 11.4 Å². The van der Waals surface area contributed by atoms with Crippen molar-refractivity contribution in [3.63, 3.8) is 0 Å². The van der Waals surface area contributed by atoms with E-state index >= 15 is 0 Å². The molecular formula is C7H3N2OS4. The van der Waals surface area contributed by atoms with Gasteiger partial charge in [0.25, 0.3) is 0 Å². The van der Waals surface area contributed by atoms with Crippen molar-refractivity contribution in [1.29, 1.82) is 0 Å². The number of hydrogen-bond donors (Lipinski definition) is 0. The van der Waals surface area contributed by atoms with Crippen LogP contribution in [0, 0.1) is 6.92 Å². The van der Waals surface area contributed by atoms with Crippen molar-refractivity contribution in [3.05, 3.63) is 15.8 Å². The number of benzene rings is 1. The minimum absolute atomic E-state index is 0.0180. The highest BCUT2D eigenvalue weighted by atomic mass is 33.1. The maximum atomic E-state index is 11.9. The van der Waals surface area contributed by atoms with E-state index in [9.17, 15) is 4.79 Å². The number of nitrogens with zero attached hydrogens (tertiary/aromatic N) is 2. The van der Waals surface area contributed by atoms with Gasteiger partial charge in [-0.15, -0.1) is 0 Å². The van der Waals surface area contributed by atoms with Crippen molar-refractivity contribution < 1.29 is 0 Å². The average molecular weight is 259 g/mol. The zero-order valence-corrected chi connectivity index (χ0v) is 10.2. The van der Waals surface area contributed by atoms with Gasteiger partial charge in [-0.3, -0.25) is 4.79 Å². The van der Waals surface area contributed by atoms with E-state index in [1.165, 1.54) is 21.5 Å². The highest BCUT2D eigenvalue weighted by Gasteiger charge is 2.27. The molecule has 0 saturated heterocycles. The Hall–Kier alpha value is -0.240. The van der Waals surface area contributed by atoms with Crippen LogP contribution in [0.15, 0.2) is 9.69 Å². The van der Waals surface area contributed by atoms with Crippen LogP contribution in [0.5, 0.6) is 0 Å². The zero-order chi connectivity index (χ0) is 9.71. The number of fused-ring (bicyclic) bond motifs is 2. The molecule has 0 bridgehead atoms. The lowest BCUT2D eigenvalue weighted by molar-refractivity contribution is 1.21. The first-order chi connectivity index (χ1) is 6.79. The predicted molar refractivity (Wildman–Crippen MR) is 62.9 cm³/mol. The standard InChI is InChI=1S/C7H3N2OS4/c1-2-6-3(8-13-11-6)5(10)4-7(2)12-14-9-4/h1H3.